The van der Waals surface area contributed by atoms with Crippen LogP contribution in [0, 0.1) is 0 Å². The number of rotatable bonds is 1. The molecule has 0 amide bonds. The molecule has 3 aromatic rings. The fourth-order valence-electron chi connectivity index (χ4n) is 1.69. The molecule has 17 heavy (non-hydrogen) atoms. The molecule has 0 aliphatic carbocycles. The molecule has 0 radical (unpaired) electrons. The van der Waals surface area contributed by atoms with Crippen LogP contribution >= 0.6 is 27.5 Å². The number of nitrogens with zero attached hydrogens (tertiary/aromatic N) is 3. The summed E-state index contributed by atoms with van der Waals surface area (Å²) in [4.78, 5) is 8.74. The summed E-state index contributed by atoms with van der Waals surface area (Å²) in [6.07, 6.45) is 3.68. The standard InChI is InChI=1S/C12H7BrClN3/c13-10-12-15-6-1-7-17(12)11(16-10)8-2-4-9(14)5-3-8/h1-7H. The van der Waals surface area contributed by atoms with Crippen LogP contribution in [0.4, 0.5) is 0 Å². The van der Waals surface area contributed by atoms with Crippen molar-refractivity contribution in [2.45, 2.75) is 0 Å². The normalized spacial score (nSPS) is 10.9. The second-order valence-corrected chi connectivity index (χ2v) is 4.73. The molecule has 0 unspecified atom stereocenters. The molecule has 0 saturated heterocycles. The Balaban J connectivity index is 2.27. The van der Waals surface area contributed by atoms with Crippen molar-refractivity contribution in [1.29, 1.82) is 0 Å². The Labute approximate surface area is 111 Å². The monoisotopic (exact) mass is 307 g/mol. The van der Waals surface area contributed by atoms with Crippen LogP contribution < -0.4 is 0 Å². The van der Waals surface area contributed by atoms with Crippen molar-refractivity contribution in [3.8, 4) is 11.4 Å². The topological polar surface area (TPSA) is 30.2 Å². The molecule has 2 aromatic heterocycles. The maximum absolute atomic E-state index is 5.87. The van der Waals surface area contributed by atoms with Gasteiger partial charge in [-0.3, -0.25) is 4.40 Å². The quantitative estimate of drug-likeness (QED) is 0.684. The Morgan fingerprint density at radius 1 is 1.18 bits per heavy atom. The van der Waals surface area contributed by atoms with E-state index in [9.17, 15) is 0 Å². The highest BCUT2D eigenvalue weighted by Gasteiger charge is 2.10. The van der Waals surface area contributed by atoms with Crippen LogP contribution in [-0.2, 0) is 0 Å². The van der Waals surface area contributed by atoms with Gasteiger partial charge in [0.25, 0.3) is 0 Å². The number of aromatic nitrogens is 3. The van der Waals surface area contributed by atoms with E-state index in [4.69, 9.17) is 11.6 Å². The molecule has 3 nitrogen and oxygen atoms in total. The van der Waals surface area contributed by atoms with E-state index in [1.165, 1.54) is 0 Å². The van der Waals surface area contributed by atoms with Crippen LogP contribution in [0.25, 0.3) is 17.0 Å². The summed E-state index contributed by atoms with van der Waals surface area (Å²) in [6.45, 7) is 0. The van der Waals surface area contributed by atoms with Crippen molar-refractivity contribution >= 4 is 33.2 Å². The zero-order chi connectivity index (χ0) is 11.8. The third kappa shape index (κ3) is 1.83. The largest absolute Gasteiger partial charge is 0.283 e. The summed E-state index contributed by atoms with van der Waals surface area (Å²) < 4.78 is 2.68. The van der Waals surface area contributed by atoms with E-state index in [0.29, 0.717) is 5.02 Å². The first kappa shape index (κ1) is 10.7. The Morgan fingerprint density at radius 2 is 1.94 bits per heavy atom. The van der Waals surface area contributed by atoms with Crippen LogP contribution in [0.3, 0.4) is 0 Å². The molecular formula is C12H7BrClN3. The molecule has 84 valence electrons. The van der Waals surface area contributed by atoms with Gasteiger partial charge < -0.3 is 0 Å². The number of halogens is 2. The van der Waals surface area contributed by atoms with Crippen LogP contribution in [0.15, 0.2) is 47.3 Å². The predicted octanol–water partition coefficient (Wildman–Crippen LogP) is 3.81. The van der Waals surface area contributed by atoms with Crippen molar-refractivity contribution < 1.29 is 0 Å². The van der Waals surface area contributed by atoms with Gasteiger partial charge in [0.1, 0.15) is 5.82 Å². The number of hydrogen-bond acceptors (Lipinski definition) is 2. The lowest BCUT2D eigenvalue weighted by atomic mass is 10.2. The molecule has 3 rings (SSSR count). The van der Waals surface area contributed by atoms with Gasteiger partial charge in [-0.25, -0.2) is 9.97 Å². The van der Waals surface area contributed by atoms with E-state index < -0.39 is 0 Å². The lowest BCUT2D eigenvalue weighted by Gasteiger charge is -2.00. The van der Waals surface area contributed by atoms with Crippen LogP contribution in [0.1, 0.15) is 0 Å². The van der Waals surface area contributed by atoms with Crippen molar-refractivity contribution in [3.63, 3.8) is 0 Å². The molecular weight excluding hydrogens is 302 g/mol. The third-order valence-corrected chi connectivity index (χ3v) is 3.25. The highest BCUT2D eigenvalue weighted by molar-refractivity contribution is 9.10. The van der Waals surface area contributed by atoms with Gasteiger partial charge in [0.2, 0.25) is 0 Å². The second kappa shape index (κ2) is 4.13. The molecule has 0 fully saturated rings. The Bertz CT molecular complexity index is 676. The zero-order valence-corrected chi connectivity index (χ0v) is 11.0. The minimum atomic E-state index is 0.715. The maximum Gasteiger partial charge on any atom is 0.171 e. The number of fused-ring (bicyclic) bond motifs is 1. The van der Waals surface area contributed by atoms with Crippen molar-refractivity contribution in [2.75, 3.05) is 0 Å². The first-order valence-corrected chi connectivity index (χ1v) is 6.17. The van der Waals surface area contributed by atoms with Crippen molar-refractivity contribution in [3.05, 3.63) is 52.4 Å². The molecule has 1 aromatic carbocycles. The van der Waals surface area contributed by atoms with Gasteiger partial charge >= 0.3 is 0 Å². The fourth-order valence-corrected chi connectivity index (χ4v) is 2.28. The van der Waals surface area contributed by atoms with Gasteiger partial charge in [0, 0.05) is 23.0 Å². The molecule has 5 heteroatoms. The average molecular weight is 309 g/mol. The van der Waals surface area contributed by atoms with Crippen LogP contribution in [0.5, 0.6) is 0 Å². The number of imidazole rings is 1. The molecule has 0 atom stereocenters. The third-order valence-electron chi connectivity index (χ3n) is 2.47. The summed E-state index contributed by atoms with van der Waals surface area (Å²) in [5.74, 6) is 0.844. The summed E-state index contributed by atoms with van der Waals surface area (Å²) in [5.41, 5.74) is 1.81. The lowest BCUT2D eigenvalue weighted by molar-refractivity contribution is 1.12. The zero-order valence-electron chi connectivity index (χ0n) is 8.64. The summed E-state index contributed by atoms with van der Waals surface area (Å²) in [7, 11) is 0. The van der Waals surface area contributed by atoms with Gasteiger partial charge in [-0.2, -0.15) is 0 Å². The SMILES string of the molecule is Clc1ccc(-c2nc(Br)c3ncccn23)cc1. The van der Waals surface area contributed by atoms with Crippen LogP contribution in [0.2, 0.25) is 5.02 Å². The van der Waals surface area contributed by atoms with E-state index in [2.05, 4.69) is 25.9 Å². The highest BCUT2D eigenvalue weighted by Crippen LogP contribution is 2.25. The van der Waals surface area contributed by atoms with E-state index in [0.717, 1.165) is 21.6 Å². The summed E-state index contributed by atoms with van der Waals surface area (Å²) >= 11 is 9.28. The highest BCUT2D eigenvalue weighted by atomic mass is 79.9. The fraction of sp³-hybridized carbons (Fsp3) is 0. The van der Waals surface area contributed by atoms with Crippen LogP contribution in [-0.4, -0.2) is 14.4 Å². The van der Waals surface area contributed by atoms with Gasteiger partial charge in [0.15, 0.2) is 10.3 Å². The molecule has 0 bridgehead atoms. The molecule has 2 heterocycles. The van der Waals surface area contributed by atoms with Gasteiger partial charge in [-0.05, 0) is 46.3 Å². The Morgan fingerprint density at radius 3 is 2.71 bits per heavy atom. The molecule has 0 aliphatic rings. The minimum absolute atomic E-state index is 0.715. The predicted molar refractivity (Wildman–Crippen MR) is 71.1 cm³/mol. The maximum atomic E-state index is 5.87. The minimum Gasteiger partial charge on any atom is -0.283 e. The molecule has 0 saturated carbocycles. The average Bonchev–Trinajstić information content (AvgIpc) is 2.69. The van der Waals surface area contributed by atoms with Gasteiger partial charge in [-0.15, -0.1) is 0 Å². The van der Waals surface area contributed by atoms with Gasteiger partial charge in [-0.1, -0.05) is 11.6 Å². The summed E-state index contributed by atoms with van der Waals surface area (Å²) in [5, 5.41) is 0.715. The first-order chi connectivity index (χ1) is 8.25. The van der Waals surface area contributed by atoms with Crippen molar-refractivity contribution in [2.24, 2.45) is 0 Å². The Hall–Kier alpha value is -1.39. The van der Waals surface area contributed by atoms with Gasteiger partial charge in [0.05, 0.1) is 0 Å². The summed E-state index contributed by atoms with van der Waals surface area (Å²) in [6, 6.07) is 9.46. The van der Waals surface area contributed by atoms with E-state index in [1.807, 2.05) is 40.9 Å². The number of hydrogen-bond donors (Lipinski definition) is 0. The Kier molecular flexibility index (Phi) is 2.61. The molecule has 0 N–H and O–H groups in total. The first-order valence-electron chi connectivity index (χ1n) is 5.00. The molecule has 0 spiro atoms. The molecule has 0 aliphatic heterocycles. The van der Waals surface area contributed by atoms with E-state index in [-0.39, 0.29) is 0 Å². The van der Waals surface area contributed by atoms with E-state index in [1.54, 1.807) is 6.20 Å². The number of benzene rings is 1. The lowest BCUT2D eigenvalue weighted by Crippen LogP contribution is -1.89. The second-order valence-electron chi connectivity index (χ2n) is 3.55. The smallest absolute Gasteiger partial charge is 0.171 e. The van der Waals surface area contributed by atoms with Crippen molar-refractivity contribution in [1.82, 2.24) is 14.4 Å². The van der Waals surface area contributed by atoms with E-state index >= 15 is 0 Å².